The smallest absolute Gasteiger partial charge is 0.0718 e. The van der Waals surface area contributed by atoms with Crippen LogP contribution in [0.25, 0.3) is 0 Å². The van der Waals surface area contributed by atoms with Crippen LogP contribution in [0.2, 0.25) is 0 Å². The second kappa shape index (κ2) is 6.38. The van der Waals surface area contributed by atoms with Gasteiger partial charge in [0.05, 0.1) is 18.2 Å². The third-order valence-corrected chi connectivity index (χ3v) is 2.31. The number of nitrogens with two attached hydrogens (primary N) is 1. The van der Waals surface area contributed by atoms with E-state index in [1.165, 1.54) is 0 Å². The Labute approximate surface area is 87.3 Å². The first-order valence-electron chi connectivity index (χ1n) is 5.46. The standard InChI is InChI=1S/C11H25NO2/c1-7(2)5-9(13)11(12)10(14)6-8(3)4/h7-11,13-14H,5-6,12H2,1-4H3/t9-,10?,11?/m0/s1. The third kappa shape index (κ3) is 5.58. The summed E-state index contributed by atoms with van der Waals surface area (Å²) in [6.07, 6.45) is 0.111. The van der Waals surface area contributed by atoms with Gasteiger partial charge in [0.25, 0.3) is 0 Å². The molecule has 0 saturated heterocycles. The van der Waals surface area contributed by atoms with E-state index in [2.05, 4.69) is 0 Å². The van der Waals surface area contributed by atoms with Gasteiger partial charge in [-0.3, -0.25) is 0 Å². The van der Waals surface area contributed by atoms with Crippen molar-refractivity contribution >= 4 is 0 Å². The second-order valence-corrected chi connectivity index (χ2v) is 4.97. The average molecular weight is 203 g/mol. The van der Waals surface area contributed by atoms with Crippen LogP contribution in [0.15, 0.2) is 0 Å². The fourth-order valence-corrected chi connectivity index (χ4v) is 1.54. The minimum absolute atomic E-state index is 0.405. The van der Waals surface area contributed by atoms with Gasteiger partial charge in [-0.2, -0.15) is 0 Å². The van der Waals surface area contributed by atoms with E-state index in [9.17, 15) is 10.2 Å². The molecule has 0 aliphatic heterocycles. The van der Waals surface area contributed by atoms with Gasteiger partial charge in [0.1, 0.15) is 0 Å². The Morgan fingerprint density at radius 1 is 0.857 bits per heavy atom. The molecule has 3 heteroatoms. The molecule has 0 spiro atoms. The Bertz CT molecular complexity index is 132. The maximum absolute atomic E-state index is 9.69. The molecule has 0 aromatic heterocycles. The molecule has 0 amide bonds. The van der Waals surface area contributed by atoms with Crippen LogP contribution in [-0.4, -0.2) is 28.5 Å². The van der Waals surface area contributed by atoms with Crippen LogP contribution in [0, 0.1) is 11.8 Å². The summed E-state index contributed by atoms with van der Waals surface area (Å²) in [5, 5.41) is 19.4. The molecule has 0 radical (unpaired) electrons. The van der Waals surface area contributed by atoms with Crippen LogP contribution in [0.3, 0.4) is 0 Å². The van der Waals surface area contributed by atoms with E-state index >= 15 is 0 Å². The van der Waals surface area contributed by atoms with Gasteiger partial charge >= 0.3 is 0 Å². The van der Waals surface area contributed by atoms with E-state index in [4.69, 9.17) is 5.73 Å². The molecule has 3 nitrogen and oxygen atoms in total. The highest BCUT2D eigenvalue weighted by Gasteiger charge is 2.24. The van der Waals surface area contributed by atoms with Crippen molar-refractivity contribution < 1.29 is 10.2 Å². The minimum atomic E-state index is -0.594. The van der Waals surface area contributed by atoms with E-state index in [0.717, 1.165) is 0 Å². The van der Waals surface area contributed by atoms with Crippen molar-refractivity contribution in [1.29, 1.82) is 0 Å². The number of hydrogen-bond acceptors (Lipinski definition) is 3. The van der Waals surface area contributed by atoms with Gasteiger partial charge in [0.2, 0.25) is 0 Å². The van der Waals surface area contributed by atoms with Crippen LogP contribution < -0.4 is 5.73 Å². The highest BCUT2D eigenvalue weighted by Crippen LogP contribution is 2.13. The van der Waals surface area contributed by atoms with Crippen LogP contribution in [0.5, 0.6) is 0 Å². The maximum Gasteiger partial charge on any atom is 0.0718 e. The zero-order valence-electron chi connectivity index (χ0n) is 9.77. The fourth-order valence-electron chi connectivity index (χ4n) is 1.54. The topological polar surface area (TPSA) is 66.5 Å². The van der Waals surface area contributed by atoms with Gasteiger partial charge in [-0.05, 0) is 24.7 Å². The zero-order valence-corrected chi connectivity index (χ0v) is 9.77. The third-order valence-electron chi connectivity index (χ3n) is 2.31. The number of hydrogen-bond donors (Lipinski definition) is 3. The highest BCUT2D eigenvalue weighted by molar-refractivity contribution is 4.80. The maximum atomic E-state index is 9.69. The predicted octanol–water partition coefficient (Wildman–Crippen LogP) is 1.13. The number of aliphatic hydroxyl groups excluding tert-OH is 2. The summed E-state index contributed by atoms with van der Waals surface area (Å²) in [5.41, 5.74) is 5.76. The lowest BCUT2D eigenvalue weighted by molar-refractivity contribution is 0.0347. The molecule has 0 aromatic rings. The van der Waals surface area contributed by atoms with Gasteiger partial charge in [0, 0.05) is 0 Å². The summed E-state index contributed by atoms with van der Waals surface area (Å²) in [5.74, 6) is 0.810. The van der Waals surface area contributed by atoms with Crippen LogP contribution in [-0.2, 0) is 0 Å². The largest absolute Gasteiger partial charge is 0.391 e. The number of aliphatic hydroxyl groups is 2. The Morgan fingerprint density at radius 2 is 1.14 bits per heavy atom. The molecule has 0 aromatic carbocycles. The van der Waals surface area contributed by atoms with Crippen molar-refractivity contribution in [3.63, 3.8) is 0 Å². The molecule has 0 bridgehead atoms. The molecule has 2 unspecified atom stereocenters. The second-order valence-electron chi connectivity index (χ2n) is 4.97. The quantitative estimate of drug-likeness (QED) is 0.606. The molecule has 86 valence electrons. The SMILES string of the molecule is CC(C)CC(O)C(N)[C@@H](O)CC(C)C. The molecular weight excluding hydrogens is 178 g/mol. The van der Waals surface area contributed by atoms with Gasteiger partial charge in [-0.25, -0.2) is 0 Å². The monoisotopic (exact) mass is 203 g/mol. The Balaban J connectivity index is 3.96. The molecule has 0 aliphatic carbocycles. The summed E-state index contributed by atoms with van der Waals surface area (Å²) < 4.78 is 0. The molecule has 0 aliphatic rings. The van der Waals surface area contributed by atoms with Crippen molar-refractivity contribution in [2.24, 2.45) is 17.6 Å². The van der Waals surface area contributed by atoms with Crippen LogP contribution >= 0.6 is 0 Å². The highest BCUT2D eigenvalue weighted by atomic mass is 16.3. The molecule has 3 atom stereocenters. The van der Waals surface area contributed by atoms with E-state index in [1.54, 1.807) is 0 Å². The summed E-state index contributed by atoms with van der Waals surface area (Å²) in [6.45, 7) is 8.13. The normalized spacial score (nSPS) is 18.6. The van der Waals surface area contributed by atoms with Crippen molar-refractivity contribution in [1.82, 2.24) is 0 Å². The molecule has 0 heterocycles. The van der Waals surface area contributed by atoms with Crippen molar-refractivity contribution in [3.05, 3.63) is 0 Å². The van der Waals surface area contributed by atoms with Crippen LogP contribution in [0.4, 0.5) is 0 Å². The van der Waals surface area contributed by atoms with Gasteiger partial charge in [-0.15, -0.1) is 0 Å². The van der Waals surface area contributed by atoms with Gasteiger partial charge < -0.3 is 15.9 Å². The zero-order chi connectivity index (χ0) is 11.3. The predicted molar refractivity (Wildman–Crippen MR) is 58.9 cm³/mol. The van der Waals surface area contributed by atoms with E-state index in [1.807, 2.05) is 27.7 Å². The van der Waals surface area contributed by atoms with Crippen molar-refractivity contribution in [2.75, 3.05) is 0 Å². The molecule has 0 rings (SSSR count). The van der Waals surface area contributed by atoms with Gasteiger partial charge in [0.15, 0.2) is 0 Å². The minimum Gasteiger partial charge on any atom is -0.391 e. The van der Waals surface area contributed by atoms with Crippen molar-refractivity contribution in [3.8, 4) is 0 Å². The van der Waals surface area contributed by atoms with E-state index in [-0.39, 0.29) is 0 Å². The first kappa shape index (κ1) is 13.9. The molecule has 4 N–H and O–H groups in total. The molecular formula is C11H25NO2. The summed E-state index contributed by atoms with van der Waals surface area (Å²) in [6, 6.07) is -0.514. The first-order chi connectivity index (χ1) is 6.34. The average Bonchev–Trinajstić information content (AvgIpc) is 2.00. The lowest BCUT2D eigenvalue weighted by atomic mass is 9.93. The number of rotatable bonds is 6. The summed E-state index contributed by atoms with van der Waals surface area (Å²) >= 11 is 0. The lowest BCUT2D eigenvalue weighted by Gasteiger charge is -2.26. The summed E-state index contributed by atoms with van der Waals surface area (Å²) in [4.78, 5) is 0. The Kier molecular flexibility index (Phi) is 6.33. The first-order valence-corrected chi connectivity index (χ1v) is 5.46. The summed E-state index contributed by atoms with van der Waals surface area (Å²) in [7, 11) is 0. The van der Waals surface area contributed by atoms with E-state index in [0.29, 0.717) is 24.7 Å². The van der Waals surface area contributed by atoms with E-state index < -0.39 is 18.2 Å². The molecule has 14 heavy (non-hydrogen) atoms. The van der Waals surface area contributed by atoms with Gasteiger partial charge in [-0.1, -0.05) is 27.7 Å². The molecule has 0 saturated carbocycles. The van der Waals surface area contributed by atoms with Crippen molar-refractivity contribution in [2.45, 2.75) is 58.8 Å². The Morgan fingerprint density at radius 3 is 1.36 bits per heavy atom. The lowest BCUT2D eigenvalue weighted by Crippen LogP contribution is -2.45. The van der Waals surface area contributed by atoms with Crippen LogP contribution in [0.1, 0.15) is 40.5 Å². The molecule has 0 fully saturated rings. The Hall–Kier alpha value is -0.120. The fraction of sp³-hybridized carbons (Fsp3) is 1.00.